The van der Waals surface area contributed by atoms with Crippen molar-refractivity contribution in [2.24, 2.45) is 5.73 Å². The zero-order chi connectivity index (χ0) is 25.0. The van der Waals surface area contributed by atoms with Gasteiger partial charge in [0.25, 0.3) is 5.91 Å². The maximum Gasteiger partial charge on any atom is 0.252 e. The lowest BCUT2D eigenvalue weighted by Crippen LogP contribution is -2.41. The van der Waals surface area contributed by atoms with Gasteiger partial charge in [0.2, 0.25) is 10.0 Å². The van der Waals surface area contributed by atoms with Crippen LogP contribution in [-0.2, 0) is 14.8 Å². The third-order valence-electron chi connectivity index (χ3n) is 5.66. The van der Waals surface area contributed by atoms with Crippen LogP contribution in [0.1, 0.15) is 10.4 Å². The number of halogens is 1. The number of nitrogens with two attached hydrogens (primary N) is 1. The molecule has 1 amide bonds. The topological polar surface area (TPSA) is 136 Å². The van der Waals surface area contributed by atoms with Crippen molar-refractivity contribution in [2.45, 2.75) is 4.90 Å². The van der Waals surface area contributed by atoms with Gasteiger partial charge in [0.1, 0.15) is 0 Å². The summed E-state index contributed by atoms with van der Waals surface area (Å²) in [7, 11) is -2.51. The van der Waals surface area contributed by atoms with E-state index in [1.54, 1.807) is 6.07 Å². The number of carbonyl (C=O) groups excluding carboxylic acids is 1. The molecule has 2 heterocycles. The van der Waals surface area contributed by atoms with Gasteiger partial charge in [-0.3, -0.25) is 14.7 Å². The van der Waals surface area contributed by atoms with E-state index in [1.807, 2.05) is 0 Å². The third-order valence-corrected chi connectivity index (χ3v) is 7.12. The zero-order valence-corrected chi connectivity index (χ0v) is 19.9. The zero-order valence-electron chi connectivity index (χ0n) is 19.1. The molecule has 0 saturated carbocycles. The van der Waals surface area contributed by atoms with E-state index in [9.17, 15) is 17.6 Å². The summed E-state index contributed by atoms with van der Waals surface area (Å²) >= 11 is 0. The number of rotatable bonds is 9. The molecule has 0 unspecified atom stereocenters. The molecule has 0 radical (unpaired) electrons. The molecule has 0 aliphatic carbocycles. The second-order valence-electron chi connectivity index (χ2n) is 7.92. The Labute approximate surface area is 202 Å². The predicted molar refractivity (Wildman–Crippen MR) is 129 cm³/mol. The molecule has 1 aliphatic heterocycles. The predicted octanol–water partition coefficient (Wildman–Crippen LogP) is 1.84. The van der Waals surface area contributed by atoms with Gasteiger partial charge in [-0.05, 0) is 30.3 Å². The highest BCUT2D eigenvalue weighted by Crippen LogP contribution is 2.32. The number of nitrogens with one attached hydrogen (secondary N) is 2. The van der Waals surface area contributed by atoms with Gasteiger partial charge < -0.3 is 20.5 Å². The minimum atomic E-state index is -3.84. The Balaban J connectivity index is 1.66. The Morgan fingerprint density at radius 3 is 2.71 bits per heavy atom. The first kappa shape index (κ1) is 24.8. The minimum Gasteiger partial charge on any atom is -0.494 e. The first-order valence-corrected chi connectivity index (χ1v) is 12.4. The molecule has 2 aromatic carbocycles. The summed E-state index contributed by atoms with van der Waals surface area (Å²) in [4.78, 5) is 18.5. The maximum atomic E-state index is 13.9. The van der Waals surface area contributed by atoms with Crippen molar-refractivity contribution in [3.8, 4) is 5.75 Å². The molecule has 1 aliphatic rings. The molecule has 186 valence electrons. The van der Waals surface area contributed by atoms with Crippen LogP contribution >= 0.6 is 0 Å². The maximum absolute atomic E-state index is 13.9. The van der Waals surface area contributed by atoms with Crippen molar-refractivity contribution in [2.75, 3.05) is 51.8 Å². The van der Waals surface area contributed by atoms with Crippen LogP contribution in [0.5, 0.6) is 5.75 Å². The number of amides is 1. The van der Waals surface area contributed by atoms with Crippen LogP contribution in [0.15, 0.2) is 47.5 Å². The lowest BCUT2D eigenvalue weighted by molar-refractivity contribution is 0.0390. The number of pyridine rings is 1. The van der Waals surface area contributed by atoms with Crippen molar-refractivity contribution in [3.63, 3.8) is 0 Å². The average molecular weight is 504 g/mol. The number of carbonyl (C=O) groups is 1. The van der Waals surface area contributed by atoms with Gasteiger partial charge in [0.15, 0.2) is 11.6 Å². The number of hydrogen-bond acceptors (Lipinski definition) is 8. The van der Waals surface area contributed by atoms with E-state index < -0.39 is 21.7 Å². The quantitative estimate of drug-likeness (QED) is 0.403. The average Bonchev–Trinajstić information content (AvgIpc) is 2.85. The first-order valence-electron chi connectivity index (χ1n) is 10.9. The van der Waals surface area contributed by atoms with E-state index in [2.05, 4.69) is 19.9 Å². The summed E-state index contributed by atoms with van der Waals surface area (Å²) in [5, 5.41) is 3.40. The molecule has 10 nitrogen and oxygen atoms in total. The summed E-state index contributed by atoms with van der Waals surface area (Å²) in [5.74, 6) is -1.31. The summed E-state index contributed by atoms with van der Waals surface area (Å²) in [5.41, 5.74) is 6.71. The van der Waals surface area contributed by atoms with Gasteiger partial charge in [0, 0.05) is 49.5 Å². The fourth-order valence-electron chi connectivity index (χ4n) is 3.79. The van der Waals surface area contributed by atoms with Crippen LogP contribution in [0, 0.1) is 5.82 Å². The van der Waals surface area contributed by atoms with Crippen LogP contribution in [0.4, 0.5) is 15.8 Å². The highest BCUT2D eigenvalue weighted by Gasteiger charge is 2.20. The van der Waals surface area contributed by atoms with Gasteiger partial charge in [-0.2, -0.15) is 0 Å². The standard InChI is InChI=1S/C23H26FN5O5S/c1-33-21-12-15(2-4-19(21)24)28-22-17-13-16(3-5-20(17)26-14-18(22)23(25)30)35(31,32)27-6-7-29-8-10-34-11-9-29/h2-5,12-14,27H,6-11H2,1H3,(H2,25,30)(H,26,28). The third kappa shape index (κ3) is 5.68. The van der Waals surface area contributed by atoms with Gasteiger partial charge in [-0.1, -0.05) is 0 Å². The van der Waals surface area contributed by atoms with Crippen molar-refractivity contribution in [3.05, 3.63) is 54.0 Å². The number of benzene rings is 2. The lowest BCUT2D eigenvalue weighted by Gasteiger charge is -2.26. The molecular weight excluding hydrogens is 477 g/mol. The van der Waals surface area contributed by atoms with E-state index in [0.717, 1.165) is 13.1 Å². The Morgan fingerprint density at radius 2 is 2.00 bits per heavy atom. The second kappa shape index (κ2) is 10.5. The van der Waals surface area contributed by atoms with E-state index in [1.165, 1.54) is 43.6 Å². The highest BCUT2D eigenvalue weighted by atomic mass is 32.2. The first-order chi connectivity index (χ1) is 16.8. The molecule has 1 fully saturated rings. The summed E-state index contributed by atoms with van der Waals surface area (Å²) in [6.45, 7) is 3.55. The smallest absolute Gasteiger partial charge is 0.252 e. The number of fused-ring (bicyclic) bond motifs is 1. The molecule has 35 heavy (non-hydrogen) atoms. The minimum absolute atomic E-state index is 0.00159. The molecule has 1 aromatic heterocycles. The Hall–Kier alpha value is -3.32. The fourth-order valence-corrected chi connectivity index (χ4v) is 4.84. The molecule has 1 saturated heterocycles. The Kier molecular flexibility index (Phi) is 7.45. The largest absolute Gasteiger partial charge is 0.494 e. The van der Waals surface area contributed by atoms with Crippen LogP contribution in [0.25, 0.3) is 10.9 Å². The normalized spacial score (nSPS) is 14.7. The van der Waals surface area contributed by atoms with E-state index in [-0.39, 0.29) is 28.4 Å². The summed E-state index contributed by atoms with van der Waals surface area (Å²) in [6, 6.07) is 8.51. The Morgan fingerprint density at radius 1 is 1.23 bits per heavy atom. The second-order valence-corrected chi connectivity index (χ2v) is 9.68. The Bertz CT molecular complexity index is 1350. The number of ether oxygens (including phenoxy) is 2. The fraction of sp³-hybridized carbons (Fsp3) is 0.304. The number of morpholine rings is 1. The molecule has 0 bridgehead atoms. The van der Waals surface area contributed by atoms with Crippen LogP contribution < -0.4 is 20.5 Å². The van der Waals surface area contributed by atoms with Crippen molar-refractivity contribution in [1.29, 1.82) is 0 Å². The number of nitrogens with zero attached hydrogens (tertiary/aromatic N) is 2. The van der Waals surface area contributed by atoms with Gasteiger partial charge in [-0.15, -0.1) is 0 Å². The number of methoxy groups -OCH3 is 1. The number of primary amides is 1. The monoisotopic (exact) mass is 503 g/mol. The van der Waals surface area contributed by atoms with Crippen molar-refractivity contribution >= 4 is 38.2 Å². The van der Waals surface area contributed by atoms with E-state index in [4.69, 9.17) is 15.2 Å². The molecule has 4 rings (SSSR count). The van der Waals surface area contributed by atoms with E-state index >= 15 is 0 Å². The molecule has 0 atom stereocenters. The molecule has 0 spiro atoms. The molecular formula is C23H26FN5O5S. The summed E-state index contributed by atoms with van der Waals surface area (Å²) < 4.78 is 52.8. The molecule has 3 aromatic rings. The van der Waals surface area contributed by atoms with Gasteiger partial charge in [0.05, 0.1) is 42.0 Å². The van der Waals surface area contributed by atoms with Crippen molar-refractivity contribution < 1.29 is 27.1 Å². The number of aromatic nitrogens is 1. The van der Waals surface area contributed by atoms with Crippen LogP contribution in [-0.4, -0.2) is 70.7 Å². The number of sulfonamides is 1. The molecule has 12 heteroatoms. The number of hydrogen-bond donors (Lipinski definition) is 3. The SMILES string of the molecule is COc1cc(Nc2c(C(N)=O)cnc3ccc(S(=O)(=O)NCCN4CCOCC4)cc23)ccc1F. The molecule has 4 N–H and O–H groups in total. The highest BCUT2D eigenvalue weighted by molar-refractivity contribution is 7.89. The van der Waals surface area contributed by atoms with E-state index in [0.29, 0.717) is 36.3 Å². The van der Waals surface area contributed by atoms with Crippen LogP contribution in [0.3, 0.4) is 0 Å². The van der Waals surface area contributed by atoms with Gasteiger partial charge in [-0.25, -0.2) is 17.5 Å². The van der Waals surface area contributed by atoms with Crippen LogP contribution in [0.2, 0.25) is 0 Å². The number of anilines is 2. The van der Waals surface area contributed by atoms with Gasteiger partial charge >= 0.3 is 0 Å². The van der Waals surface area contributed by atoms with Crippen molar-refractivity contribution in [1.82, 2.24) is 14.6 Å². The summed E-state index contributed by atoms with van der Waals surface area (Å²) in [6.07, 6.45) is 1.31. The lowest BCUT2D eigenvalue weighted by atomic mass is 10.1.